The monoisotopic (exact) mass is 578 g/mol. The van der Waals surface area contributed by atoms with Crippen LogP contribution in [0.3, 0.4) is 0 Å². The predicted molar refractivity (Wildman–Crippen MR) is 147 cm³/mol. The highest BCUT2D eigenvalue weighted by molar-refractivity contribution is 5.92. The van der Waals surface area contributed by atoms with E-state index >= 15 is 0 Å². The number of halogens is 3. The summed E-state index contributed by atoms with van der Waals surface area (Å²) in [6.45, 7) is 2.33. The second kappa shape index (κ2) is 10.8. The number of rotatable bonds is 7. The van der Waals surface area contributed by atoms with Crippen LogP contribution in [0.4, 0.5) is 13.2 Å². The highest BCUT2D eigenvalue weighted by Crippen LogP contribution is 2.37. The SMILES string of the molecule is C#CCC1(n2cc(-c3ncnc4[nH]ccc34)cn2)CN(C2CCN(C(=O)c3cc(CNC)nc(C(F)(F)F)n3)CC2)C1. The molecule has 0 unspecified atom stereocenters. The minimum absolute atomic E-state index is 0.0928. The Kier molecular flexibility index (Phi) is 7.15. The molecule has 14 heteroatoms. The maximum Gasteiger partial charge on any atom is 0.451 e. The number of likely N-dealkylation sites (tertiary alicyclic amines) is 2. The van der Waals surface area contributed by atoms with Gasteiger partial charge in [0.2, 0.25) is 5.82 Å². The van der Waals surface area contributed by atoms with Crippen molar-refractivity contribution < 1.29 is 18.0 Å². The van der Waals surface area contributed by atoms with Crippen molar-refractivity contribution in [1.29, 1.82) is 0 Å². The van der Waals surface area contributed by atoms with E-state index in [1.165, 1.54) is 12.4 Å². The fourth-order valence-corrected chi connectivity index (χ4v) is 5.90. The van der Waals surface area contributed by atoms with Gasteiger partial charge in [0.15, 0.2) is 0 Å². The number of hydrogen-bond acceptors (Lipinski definition) is 8. The lowest BCUT2D eigenvalue weighted by Crippen LogP contribution is -2.66. The summed E-state index contributed by atoms with van der Waals surface area (Å²) < 4.78 is 42.0. The van der Waals surface area contributed by atoms with E-state index < -0.39 is 17.9 Å². The molecule has 11 nitrogen and oxygen atoms in total. The van der Waals surface area contributed by atoms with E-state index in [-0.39, 0.29) is 29.5 Å². The average molecular weight is 579 g/mol. The molecule has 0 aliphatic carbocycles. The van der Waals surface area contributed by atoms with Crippen LogP contribution >= 0.6 is 0 Å². The normalized spacial score (nSPS) is 17.7. The number of fused-ring (bicyclic) bond motifs is 1. The zero-order chi connectivity index (χ0) is 29.5. The van der Waals surface area contributed by atoms with Crippen molar-refractivity contribution in [2.75, 3.05) is 33.2 Å². The molecular formula is C28H29F3N10O. The molecule has 6 heterocycles. The average Bonchev–Trinajstić information content (AvgIpc) is 3.64. The number of aromatic amines is 1. The van der Waals surface area contributed by atoms with Crippen molar-refractivity contribution in [2.24, 2.45) is 0 Å². The highest BCUT2D eigenvalue weighted by Gasteiger charge is 2.48. The van der Waals surface area contributed by atoms with Gasteiger partial charge < -0.3 is 15.2 Å². The van der Waals surface area contributed by atoms with Crippen LogP contribution in [-0.2, 0) is 18.3 Å². The maximum absolute atomic E-state index is 13.4. The zero-order valence-corrected chi connectivity index (χ0v) is 22.9. The smallest absolute Gasteiger partial charge is 0.346 e. The van der Waals surface area contributed by atoms with E-state index in [4.69, 9.17) is 6.42 Å². The summed E-state index contributed by atoms with van der Waals surface area (Å²) in [4.78, 5) is 36.0. The molecule has 4 aromatic heterocycles. The number of nitrogens with one attached hydrogen (secondary N) is 2. The first-order chi connectivity index (χ1) is 20.2. The summed E-state index contributed by atoms with van der Waals surface area (Å²) in [5.74, 6) is 0.981. The van der Waals surface area contributed by atoms with Gasteiger partial charge in [0, 0.05) is 68.5 Å². The fraction of sp³-hybridized carbons (Fsp3) is 0.429. The van der Waals surface area contributed by atoms with Crippen LogP contribution in [0, 0.1) is 12.3 Å². The molecule has 0 atom stereocenters. The molecule has 2 aliphatic heterocycles. The Morgan fingerprint density at radius 3 is 2.74 bits per heavy atom. The van der Waals surface area contributed by atoms with Gasteiger partial charge in [0.25, 0.3) is 5.91 Å². The topological polar surface area (TPSA) is 121 Å². The van der Waals surface area contributed by atoms with E-state index in [0.717, 1.165) is 22.3 Å². The lowest BCUT2D eigenvalue weighted by molar-refractivity contribution is -0.145. The predicted octanol–water partition coefficient (Wildman–Crippen LogP) is 2.69. The Bertz CT molecular complexity index is 1640. The molecule has 0 aromatic carbocycles. The third kappa shape index (κ3) is 5.10. The van der Waals surface area contributed by atoms with Gasteiger partial charge in [0.1, 0.15) is 17.7 Å². The van der Waals surface area contributed by atoms with Crippen molar-refractivity contribution in [2.45, 2.75) is 43.6 Å². The molecule has 42 heavy (non-hydrogen) atoms. The Hall–Kier alpha value is -4.35. The summed E-state index contributed by atoms with van der Waals surface area (Å²) in [6.07, 6.45) is 10.0. The molecule has 2 N–H and O–H groups in total. The maximum atomic E-state index is 13.4. The number of piperidine rings is 1. The number of carbonyl (C=O) groups excluding carboxylic acids is 1. The van der Waals surface area contributed by atoms with Crippen molar-refractivity contribution in [1.82, 2.24) is 49.8 Å². The Morgan fingerprint density at radius 2 is 2.02 bits per heavy atom. The van der Waals surface area contributed by atoms with Crippen molar-refractivity contribution in [3.63, 3.8) is 0 Å². The number of H-pyrrole nitrogens is 1. The van der Waals surface area contributed by atoms with Crippen LogP contribution in [0.2, 0.25) is 0 Å². The van der Waals surface area contributed by atoms with E-state index in [1.807, 2.05) is 23.1 Å². The first-order valence-electron chi connectivity index (χ1n) is 13.6. The fourth-order valence-electron chi connectivity index (χ4n) is 5.90. The number of aromatic nitrogens is 7. The number of terminal acetylenes is 1. The molecule has 2 fully saturated rings. The van der Waals surface area contributed by atoms with Crippen LogP contribution < -0.4 is 5.32 Å². The third-order valence-electron chi connectivity index (χ3n) is 8.00. The Balaban J connectivity index is 1.11. The molecule has 0 spiro atoms. The van der Waals surface area contributed by atoms with Crippen molar-refractivity contribution in [3.05, 3.63) is 54.3 Å². The van der Waals surface area contributed by atoms with Gasteiger partial charge in [-0.05, 0) is 32.0 Å². The molecule has 0 radical (unpaired) electrons. The molecule has 1 amide bonds. The van der Waals surface area contributed by atoms with Gasteiger partial charge in [-0.1, -0.05) is 0 Å². The van der Waals surface area contributed by atoms with E-state index in [1.54, 1.807) is 18.1 Å². The summed E-state index contributed by atoms with van der Waals surface area (Å²) in [5.41, 5.74) is 1.93. The lowest BCUT2D eigenvalue weighted by Gasteiger charge is -2.54. The number of carbonyl (C=O) groups is 1. The first-order valence-corrected chi connectivity index (χ1v) is 13.6. The Labute approximate surface area is 239 Å². The van der Waals surface area contributed by atoms with E-state index in [9.17, 15) is 18.0 Å². The summed E-state index contributed by atoms with van der Waals surface area (Å²) >= 11 is 0. The molecule has 6 rings (SSSR count). The number of hydrogen-bond donors (Lipinski definition) is 2. The van der Waals surface area contributed by atoms with Gasteiger partial charge in [-0.3, -0.25) is 14.4 Å². The van der Waals surface area contributed by atoms with Crippen molar-refractivity contribution in [3.8, 4) is 23.6 Å². The largest absolute Gasteiger partial charge is 0.451 e. The standard InChI is InChI=1S/C28H29F3N10O/c1-3-7-27(41-14-18(12-36-41)23-21-4-8-33-24(21)35-17-34-23)15-40(16-27)20-5-9-39(10-6-20)25(42)22-11-19(13-32-2)37-26(38-22)28(29,30)31/h1,4,8,11-12,14,17,20,32H,5-7,9-10,13,15-16H2,2H3,(H,33,34,35). The van der Waals surface area contributed by atoms with Gasteiger partial charge in [-0.2, -0.15) is 18.3 Å². The minimum Gasteiger partial charge on any atom is -0.346 e. The van der Waals surface area contributed by atoms with Crippen molar-refractivity contribution >= 4 is 16.9 Å². The summed E-state index contributed by atoms with van der Waals surface area (Å²) in [7, 11) is 1.60. The highest BCUT2D eigenvalue weighted by atomic mass is 19.4. The van der Waals surface area contributed by atoms with Crippen LogP contribution in [0.25, 0.3) is 22.3 Å². The second-order valence-corrected chi connectivity index (χ2v) is 10.8. The van der Waals surface area contributed by atoms with Crippen LogP contribution in [0.5, 0.6) is 0 Å². The zero-order valence-electron chi connectivity index (χ0n) is 22.9. The second-order valence-electron chi connectivity index (χ2n) is 10.8. The van der Waals surface area contributed by atoms with Gasteiger partial charge in [0.05, 0.1) is 23.1 Å². The molecule has 218 valence electrons. The Morgan fingerprint density at radius 1 is 1.24 bits per heavy atom. The quantitative estimate of drug-likeness (QED) is 0.321. The van der Waals surface area contributed by atoms with Gasteiger partial charge >= 0.3 is 6.18 Å². The molecule has 4 aromatic rings. The molecule has 2 aliphatic rings. The van der Waals surface area contributed by atoms with Crippen LogP contribution in [-0.4, -0.2) is 89.7 Å². The van der Waals surface area contributed by atoms with Gasteiger partial charge in [-0.25, -0.2) is 19.9 Å². The minimum atomic E-state index is -4.74. The lowest BCUT2D eigenvalue weighted by atomic mass is 9.83. The molecule has 0 bridgehead atoms. The number of amides is 1. The van der Waals surface area contributed by atoms with Crippen LogP contribution in [0.1, 0.15) is 41.3 Å². The third-order valence-corrected chi connectivity index (χ3v) is 8.00. The molecule has 2 saturated heterocycles. The first kappa shape index (κ1) is 27.8. The van der Waals surface area contributed by atoms with Crippen LogP contribution in [0.15, 0.2) is 37.1 Å². The van der Waals surface area contributed by atoms with E-state index in [2.05, 4.69) is 46.2 Å². The summed E-state index contributed by atoms with van der Waals surface area (Å²) in [6, 6.07) is 3.47. The van der Waals surface area contributed by atoms with Gasteiger partial charge in [-0.15, -0.1) is 12.3 Å². The number of alkyl halides is 3. The molecule has 0 saturated carbocycles. The molecular weight excluding hydrogens is 549 g/mol. The van der Waals surface area contributed by atoms with E-state index in [0.29, 0.717) is 45.4 Å². The summed E-state index contributed by atoms with van der Waals surface area (Å²) in [5, 5.41) is 8.34. The number of nitrogens with zero attached hydrogens (tertiary/aromatic N) is 8.